The van der Waals surface area contributed by atoms with Crippen molar-refractivity contribution in [2.45, 2.75) is 46.0 Å². The van der Waals surface area contributed by atoms with Crippen molar-refractivity contribution >= 4 is 16.8 Å². The topological polar surface area (TPSA) is 17.1 Å². The lowest BCUT2D eigenvalue weighted by Crippen LogP contribution is -2.00. The van der Waals surface area contributed by atoms with Crippen molar-refractivity contribution in [3.63, 3.8) is 0 Å². The summed E-state index contributed by atoms with van der Waals surface area (Å²) in [5.74, 6) is 0.950. The Kier molecular flexibility index (Phi) is 4.55. The van der Waals surface area contributed by atoms with Crippen molar-refractivity contribution in [1.29, 1.82) is 0 Å². The average Bonchev–Trinajstić information content (AvgIpc) is 2.15. The molecule has 1 rings (SSSR count). The Morgan fingerprint density at radius 3 is 1.81 bits per heavy atom. The van der Waals surface area contributed by atoms with Crippen LogP contribution in [0.5, 0.6) is 0 Å². The number of hydrogen-bond donors (Lipinski definition) is 0. The molecule has 0 spiro atoms. The number of rotatable bonds is 4. The lowest BCUT2D eigenvalue weighted by Gasteiger charge is -2.13. The normalized spacial score (nSPS) is 11.2. The van der Waals surface area contributed by atoms with Crippen LogP contribution < -0.4 is 0 Å². The number of benzene rings is 1. The van der Waals surface area contributed by atoms with Gasteiger partial charge in [-0.25, -0.2) is 0 Å². The molecule has 0 aliphatic carbocycles. The molecule has 0 saturated carbocycles. The average molecular weight is 239 g/mol. The quantitative estimate of drug-likeness (QED) is 0.717. The van der Waals surface area contributed by atoms with Crippen LogP contribution in [0.15, 0.2) is 18.2 Å². The predicted octanol–water partition coefficient (Wildman–Crippen LogP) is 4.24. The summed E-state index contributed by atoms with van der Waals surface area (Å²) in [4.78, 5) is 10.9. The number of carbonyl (C=O) groups excluding carboxylic acids is 1. The van der Waals surface area contributed by atoms with Crippen molar-refractivity contribution in [3.05, 3.63) is 34.9 Å². The Labute approximate surface area is 103 Å². The van der Waals surface area contributed by atoms with E-state index in [1.807, 2.05) is 0 Å². The fourth-order valence-corrected chi connectivity index (χ4v) is 1.83. The van der Waals surface area contributed by atoms with Crippen molar-refractivity contribution in [2.24, 2.45) is 0 Å². The fourth-order valence-electron chi connectivity index (χ4n) is 1.67. The highest BCUT2D eigenvalue weighted by atomic mass is 35.5. The maximum absolute atomic E-state index is 10.9. The monoisotopic (exact) mass is 238 g/mol. The van der Waals surface area contributed by atoms with Gasteiger partial charge in [0.25, 0.3) is 0 Å². The molecule has 0 saturated heterocycles. The van der Waals surface area contributed by atoms with Gasteiger partial charge in [0.2, 0.25) is 5.24 Å². The van der Waals surface area contributed by atoms with Crippen LogP contribution in [0.4, 0.5) is 0 Å². The van der Waals surface area contributed by atoms with Crippen LogP contribution in [-0.2, 0) is 11.2 Å². The van der Waals surface area contributed by atoms with Crippen molar-refractivity contribution in [1.82, 2.24) is 0 Å². The smallest absolute Gasteiger partial charge is 0.226 e. The van der Waals surface area contributed by atoms with E-state index in [1.54, 1.807) is 0 Å². The van der Waals surface area contributed by atoms with Crippen LogP contribution >= 0.6 is 11.6 Å². The minimum Gasteiger partial charge on any atom is -0.281 e. The van der Waals surface area contributed by atoms with Gasteiger partial charge in [-0.1, -0.05) is 45.9 Å². The van der Waals surface area contributed by atoms with E-state index in [9.17, 15) is 4.79 Å². The Hall–Kier alpha value is -0.820. The molecule has 0 unspecified atom stereocenters. The molecule has 0 atom stereocenters. The van der Waals surface area contributed by atoms with E-state index >= 15 is 0 Å². The van der Waals surface area contributed by atoms with E-state index in [4.69, 9.17) is 11.6 Å². The summed E-state index contributed by atoms with van der Waals surface area (Å²) in [7, 11) is 0. The third-order valence-corrected chi connectivity index (χ3v) is 2.85. The first-order valence-corrected chi connectivity index (χ1v) is 6.10. The second kappa shape index (κ2) is 5.49. The molecule has 0 amide bonds. The van der Waals surface area contributed by atoms with Gasteiger partial charge >= 0.3 is 0 Å². The molecule has 0 aliphatic heterocycles. The van der Waals surface area contributed by atoms with Gasteiger partial charge in [0, 0.05) is 6.42 Å². The van der Waals surface area contributed by atoms with E-state index in [2.05, 4.69) is 45.9 Å². The van der Waals surface area contributed by atoms with Gasteiger partial charge in [-0.05, 0) is 40.1 Å². The summed E-state index contributed by atoms with van der Waals surface area (Å²) >= 11 is 5.44. The van der Waals surface area contributed by atoms with Gasteiger partial charge in [0.15, 0.2) is 0 Å². The third kappa shape index (κ3) is 3.64. The number of halogens is 1. The Morgan fingerprint density at radius 2 is 1.50 bits per heavy atom. The molecule has 0 N–H and O–H groups in total. The lowest BCUT2D eigenvalue weighted by molar-refractivity contribution is -0.111. The second-order valence-corrected chi connectivity index (χ2v) is 5.27. The minimum absolute atomic E-state index is 0.296. The van der Waals surface area contributed by atoms with Gasteiger partial charge in [0.05, 0.1) is 0 Å². The molecule has 0 aromatic heterocycles. The van der Waals surface area contributed by atoms with Crippen molar-refractivity contribution < 1.29 is 4.79 Å². The molecular weight excluding hydrogens is 220 g/mol. The van der Waals surface area contributed by atoms with Crippen LogP contribution in [0.25, 0.3) is 0 Å². The Bertz CT molecular complexity index is 354. The van der Waals surface area contributed by atoms with Crippen molar-refractivity contribution in [2.75, 3.05) is 0 Å². The maximum atomic E-state index is 10.9. The zero-order valence-electron chi connectivity index (χ0n) is 10.4. The zero-order chi connectivity index (χ0) is 12.3. The first-order valence-electron chi connectivity index (χ1n) is 5.72. The highest BCUT2D eigenvalue weighted by Crippen LogP contribution is 2.23. The molecule has 2 heteroatoms. The first-order chi connectivity index (χ1) is 7.40. The summed E-state index contributed by atoms with van der Waals surface area (Å²) in [6, 6.07) is 6.38. The highest BCUT2D eigenvalue weighted by Gasteiger charge is 2.08. The van der Waals surface area contributed by atoms with Gasteiger partial charge < -0.3 is 0 Å². The summed E-state index contributed by atoms with van der Waals surface area (Å²) in [5.41, 5.74) is 3.58. The molecule has 1 nitrogen and oxygen atoms in total. The standard InChI is InChI=1S/C14H19ClO/c1-9(2)12-5-11(7-14(15)16)6-13(8-12)10(3)4/h5-6,8-10H,7H2,1-4H3. The van der Waals surface area contributed by atoms with Crippen molar-refractivity contribution in [3.8, 4) is 0 Å². The van der Waals surface area contributed by atoms with Crippen LogP contribution in [0, 0.1) is 0 Å². The van der Waals surface area contributed by atoms with E-state index in [-0.39, 0.29) is 5.24 Å². The molecular formula is C14H19ClO. The summed E-state index contributed by atoms with van der Waals surface area (Å²) in [6.45, 7) is 8.63. The van der Waals surface area contributed by atoms with Gasteiger partial charge in [0.1, 0.15) is 0 Å². The van der Waals surface area contributed by atoms with Crippen LogP contribution in [0.3, 0.4) is 0 Å². The third-order valence-electron chi connectivity index (χ3n) is 2.71. The van der Waals surface area contributed by atoms with Gasteiger partial charge in [-0.2, -0.15) is 0 Å². The Morgan fingerprint density at radius 1 is 1.06 bits per heavy atom. The largest absolute Gasteiger partial charge is 0.281 e. The Balaban J connectivity index is 3.13. The SMILES string of the molecule is CC(C)c1cc(CC(=O)Cl)cc(C(C)C)c1. The summed E-state index contributed by atoms with van der Waals surface area (Å²) in [5, 5.41) is -0.296. The van der Waals surface area contributed by atoms with E-state index in [0.29, 0.717) is 18.3 Å². The van der Waals surface area contributed by atoms with E-state index < -0.39 is 0 Å². The minimum atomic E-state index is -0.296. The molecule has 16 heavy (non-hydrogen) atoms. The molecule has 1 aromatic carbocycles. The first kappa shape index (κ1) is 13.2. The molecule has 0 heterocycles. The summed E-state index contributed by atoms with van der Waals surface area (Å²) in [6.07, 6.45) is 0.321. The molecule has 88 valence electrons. The van der Waals surface area contributed by atoms with E-state index in [1.165, 1.54) is 11.1 Å². The second-order valence-electron chi connectivity index (χ2n) is 4.85. The van der Waals surface area contributed by atoms with E-state index in [0.717, 1.165) is 5.56 Å². The van der Waals surface area contributed by atoms with Gasteiger partial charge in [-0.3, -0.25) is 4.79 Å². The number of carbonyl (C=O) groups is 1. The van der Waals surface area contributed by atoms with Crippen LogP contribution in [-0.4, -0.2) is 5.24 Å². The molecule has 0 fully saturated rings. The lowest BCUT2D eigenvalue weighted by atomic mass is 9.92. The summed E-state index contributed by atoms with van der Waals surface area (Å²) < 4.78 is 0. The highest BCUT2D eigenvalue weighted by molar-refractivity contribution is 6.63. The molecule has 0 bridgehead atoms. The molecule has 1 aromatic rings. The maximum Gasteiger partial charge on any atom is 0.226 e. The predicted molar refractivity (Wildman–Crippen MR) is 69.2 cm³/mol. The molecule has 0 aliphatic rings. The fraction of sp³-hybridized carbons (Fsp3) is 0.500. The zero-order valence-corrected chi connectivity index (χ0v) is 11.1. The van der Waals surface area contributed by atoms with Gasteiger partial charge in [-0.15, -0.1) is 0 Å². The number of hydrogen-bond acceptors (Lipinski definition) is 1. The van der Waals surface area contributed by atoms with Crippen LogP contribution in [0.1, 0.15) is 56.2 Å². The molecule has 0 radical (unpaired) electrons. The van der Waals surface area contributed by atoms with Crippen LogP contribution in [0.2, 0.25) is 0 Å².